The number of carbonyl (C=O) groups excluding carboxylic acids is 3. The molecule has 0 unspecified atom stereocenters. The van der Waals surface area contributed by atoms with E-state index in [-0.39, 0.29) is 17.2 Å². The highest BCUT2D eigenvalue weighted by molar-refractivity contribution is 8.00. The molecule has 1 atom stereocenters. The first-order valence-corrected chi connectivity index (χ1v) is 9.85. The van der Waals surface area contributed by atoms with Gasteiger partial charge in [-0.25, -0.2) is 4.79 Å². The molecule has 28 heavy (non-hydrogen) atoms. The van der Waals surface area contributed by atoms with Crippen LogP contribution in [0.4, 0.5) is 0 Å². The smallest absolute Gasteiger partial charge is 0.339 e. The van der Waals surface area contributed by atoms with Crippen LogP contribution < -0.4 is 0 Å². The lowest BCUT2D eigenvalue weighted by Crippen LogP contribution is -2.26. The van der Waals surface area contributed by atoms with Crippen LogP contribution in [0.2, 0.25) is 0 Å². The van der Waals surface area contributed by atoms with E-state index in [1.165, 1.54) is 25.8 Å². The normalized spacial score (nSPS) is 11.8. The summed E-state index contributed by atoms with van der Waals surface area (Å²) in [5.74, 6) is -1.26. The van der Waals surface area contributed by atoms with Crippen molar-refractivity contribution in [3.8, 4) is 0 Å². The molecule has 2 aromatic rings. The monoisotopic (exact) mass is 403 g/mol. The quantitative estimate of drug-likeness (QED) is 0.428. The summed E-state index contributed by atoms with van der Waals surface area (Å²) >= 11 is 1.38. The molecule has 1 heterocycles. The second kappa shape index (κ2) is 9.10. The minimum absolute atomic E-state index is 0.109. The predicted molar refractivity (Wildman–Crippen MR) is 108 cm³/mol. The number of methoxy groups -OCH3 is 1. The number of Topliss-reactive ketones (excluding diaryl/α,β-unsaturated/α-hetero) is 1. The number of hydrogen-bond acceptors (Lipinski definition) is 6. The van der Waals surface area contributed by atoms with Gasteiger partial charge in [-0.15, -0.1) is 11.8 Å². The van der Waals surface area contributed by atoms with Crippen molar-refractivity contribution in [2.75, 3.05) is 12.9 Å². The molecule has 0 bridgehead atoms. The number of aromatic amines is 1. The first-order valence-electron chi connectivity index (χ1n) is 8.86. The van der Waals surface area contributed by atoms with E-state index >= 15 is 0 Å². The third-order valence-corrected chi connectivity index (χ3v) is 5.57. The first kappa shape index (κ1) is 21.8. The summed E-state index contributed by atoms with van der Waals surface area (Å²) < 4.78 is 10.1. The number of nitrogens with one attached hydrogen (secondary N) is 1. The van der Waals surface area contributed by atoms with Gasteiger partial charge < -0.3 is 14.5 Å². The van der Waals surface area contributed by atoms with E-state index in [0.29, 0.717) is 16.8 Å². The van der Waals surface area contributed by atoms with Crippen LogP contribution in [0, 0.1) is 27.7 Å². The number of H-pyrrole nitrogens is 1. The Labute approximate surface area is 169 Å². The van der Waals surface area contributed by atoms with E-state index in [2.05, 4.69) is 4.98 Å². The number of aryl methyl sites for hydroxylation is 3. The fraction of sp³-hybridized carbons (Fsp3) is 0.381. The highest BCUT2D eigenvalue weighted by Crippen LogP contribution is 2.24. The molecule has 0 aliphatic carbocycles. The molecule has 0 radical (unpaired) electrons. The Hall–Kier alpha value is -2.54. The number of thioether (sulfide) groups is 1. The average Bonchev–Trinajstić information content (AvgIpc) is 2.95. The minimum Gasteiger partial charge on any atom is -0.465 e. The van der Waals surface area contributed by atoms with Crippen LogP contribution in [0.5, 0.6) is 0 Å². The first-order chi connectivity index (χ1) is 13.1. The van der Waals surface area contributed by atoms with Crippen LogP contribution in [0.25, 0.3) is 0 Å². The summed E-state index contributed by atoms with van der Waals surface area (Å²) in [5, 5.41) is 0. The topological polar surface area (TPSA) is 85.5 Å². The number of esters is 2. The number of aromatic nitrogens is 1. The van der Waals surface area contributed by atoms with Crippen molar-refractivity contribution in [3.63, 3.8) is 0 Å². The molecule has 6 nitrogen and oxygen atoms in total. The van der Waals surface area contributed by atoms with Crippen molar-refractivity contribution in [1.82, 2.24) is 4.98 Å². The Morgan fingerprint density at radius 3 is 2.46 bits per heavy atom. The van der Waals surface area contributed by atoms with Crippen LogP contribution in [0.1, 0.15) is 50.2 Å². The molecule has 7 heteroatoms. The standard InChI is InChI=1S/C21H25NO5S/c1-11-7-8-12(2)16(9-11)28-10-17(23)27-15(5)20(24)19-13(3)18(14(4)22-19)21(25)26-6/h7-9,15,22H,10H2,1-6H3/t15-/m0/s1. The summed E-state index contributed by atoms with van der Waals surface area (Å²) in [4.78, 5) is 40.7. The molecule has 1 aromatic carbocycles. The second-order valence-electron chi connectivity index (χ2n) is 6.67. The van der Waals surface area contributed by atoms with E-state index in [4.69, 9.17) is 9.47 Å². The van der Waals surface area contributed by atoms with Crippen LogP contribution in [0.15, 0.2) is 23.1 Å². The molecular weight excluding hydrogens is 378 g/mol. The average molecular weight is 404 g/mol. The van der Waals surface area contributed by atoms with Crippen molar-refractivity contribution in [1.29, 1.82) is 0 Å². The van der Waals surface area contributed by atoms with Gasteiger partial charge in [0.05, 0.1) is 24.1 Å². The zero-order valence-corrected chi connectivity index (χ0v) is 17.8. The van der Waals surface area contributed by atoms with Gasteiger partial charge in [0.25, 0.3) is 0 Å². The number of carbonyl (C=O) groups is 3. The summed E-state index contributed by atoms with van der Waals surface area (Å²) in [5.41, 5.74) is 3.80. The summed E-state index contributed by atoms with van der Waals surface area (Å²) in [6.07, 6.45) is -0.964. The fourth-order valence-electron chi connectivity index (χ4n) is 2.89. The van der Waals surface area contributed by atoms with Crippen molar-refractivity contribution < 1.29 is 23.9 Å². The maximum Gasteiger partial charge on any atom is 0.339 e. The van der Waals surface area contributed by atoms with Gasteiger partial charge >= 0.3 is 11.9 Å². The Bertz CT molecular complexity index is 916. The van der Waals surface area contributed by atoms with E-state index in [0.717, 1.165) is 16.0 Å². The maximum absolute atomic E-state index is 12.7. The van der Waals surface area contributed by atoms with Crippen LogP contribution in [-0.2, 0) is 14.3 Å². The van der Waals surface area contributed by atoms with Gasteiger partial charge in [-0.2, -0.15) is 0 Å². The lowest BCUT2D eigenvalue weighted by Gasteiger charge is -2.13. The molecule has 1 N–H and O–H groups in total. The van der Waals surface area contributed by atoms with Gasteiger partial charge in [0.15, 0.2) is 6.10 Å². The van der Waals surface area contributed by atoms with Crippen LogP contribution >= 0.6 is 11.8 Å². The van der Waals surface area contributed by atoms with Crippen molar-refractivity contribution in [2.45, 2.75) is 45.6 Å². The number of ether oxygens (including phenoxy) is 2. The van der Waals surface area contributed by atoms with Crippen molar-refractivity contribution in [2.24, 2.45) is 0 Å². The SMILES string of the molecule is COC(=O)c1c(C)[nH]c(C(=O)[C@H](C)OC(=O)CSc2cc(C)ccc2C)c1C. The van der Waals surface area contributed by atoms with E-state index in [1.807, 2.05) is 32.0 Å². The summed E-state index contributed by atoms with van der Waals surface area (Å²) in [6, 6.07) is 6.04. The Kier molecular flexibility index (Phi) is 7.07. The zero-order valence-electron chi connectivity index (χ0n) is 17.0. The Morgan fingerprint density at radius 2 is 1.82 bits per heavy atom. The molecule has 0 aliphatic rings. The Morgan fingerprint density at radius 1 is 1.14 bits per heavy atom. The highest BCUT2D eigenvalue weighted by Gasteiger charge is 2.27. The number of ketones is 1. The third kappa shape index (κ3) is 4.84. The number of benzene rings is 1. The van der Waals surface area contributed by atoms with E-state index in [9.17, 15) is 14.4 Å². The molecule has 0 saturated heterocycles. The maximum atomic E-state index is 12.7. The molecule has 2 rings (SSSR count). The highest BCUT2D eigenvalue weighted by atomic mass is 32.2. The number of hydrogen-bond donors (Lipinski definition) is 1. The van der Waals surface area contributed by atoms with Gasteiger partial charge in [-0.05, 0) is 51.8 Å². The van der Waals surface area contributed by atoms with Crippen molar-refractivity contribution >= 4 is 29.5 Å². The van der Waals surface area contributed by atoms with E-state index in [1.54, 1.807) is 13.8 Å². The largest absolute Gasteiger partial charge is 0.465 e. The minimum atomic E-state index is -0.964. The van der Waals surface area contributed by atoms with E-state index < -0.39 is 18.0 Å². The molecule has 150 valence electrons. The van der Waals surface area contributed by atoms with Gasteiger partial charge in [0.1, 0.15) is 0 Å². The molecule has 0 saturated carbocycles. The summed E-state index contributed by atoms with van der Waals surface area (Å²) in [7, 11) is 1.29. The molecule has 0 spiro atoms. The van der Waals surface area contributed by atoms with Crippen LogP contribution in [0.3, 0.4) is 0 Å². The molecule has 1 aromatic heterocycles. The number of rotatable bonds is 7. The van der Waals surface area contributed by atoms with Gasteiger partial charge in [-0.3, -0.25) is 9.59 Å². The molecule has 0 fully saturated rings. The van der Waals surface area contributed by atoms with Gasteiger partial charge in [0, 0.05) is 10.6 Å². The molecular formula is C21H25NO5S. The van der Waals surface area contributed by atoms with Crippen molar-refractivity contribution in [3.05, 3.63) is 51.8 Å². The lowest BCUT2D eigenvalue weighted by molar-refractivity contribution is -0.143. The zero-order chi connectivity index (χ0) is 21.0. The third-order valence-electron chi connectivity index (χ3n) is 4.44. The summed E-state index contributed by atoms with van der Waals surface area (Å²) in [6.45, 7) is 8.85. The second-order valence-corrected chi connectivity index (χ2v) is 7.69. The molecule has 0 amide bonds. The van der Waals surface area contributed by atoms with Crippen LogP contribution in [-0.4, -0.2) is 41.7 Å². The van der Waals surface area contributed by atoms with Gasteiger partial charge in [-0.1, -0.05) is 17.7 Å². The lowest BCUT2D eigenvalue weighted by atomic mass is 10.1. The molecule has 0 aliphatic heterocycles. The fourth-order valence-corrected chi connectivity index (χ4v) is 3.80. The predicted octanol–water partition coefficient (Wildman–Crippen LogP) is 3.94. The van der Waals surface area contributed by atoms with Gasteiger partial charge in [0.2, 0.25) is 5.78 Å². The Balaban J connectivity index is 2.03.